The molecule has 1 saturated heterocycles. The summed E-state index contributed by atoms with van der Waals surface area (Å²) in [4.78, 5) is 4.25. The van der Waals surface area contributed by atoms with Gasteiger partial charge in [0.1, 0.15) is 0 Å². The van der Waals surface area contributed by atoms with Crippen molar-refractivity contribution < 1.29 is 4.74 Å². The van der Waals surface area contributed by atoms with Crippen LogP contribution < -0.4 is 5.32 Å². The van der Waals surface area contributed by atoms with E-state index in [2.05, 4.69) is 21.8 Å². The van der Waals surface area contributed by atoms with Crippen LogP contribution in [0.15, 0.2) is 12.5 Å². The van der Waals surface area contributed by atoms with E-state index in [-0.39, 0.29) is 0 Å². The highest BCUT2D eigenvalue weighted by Crippen LogP contribution is 2.23. The predicted molar refractivity (Wildman–Crippen MR) is 59.0 cm³/mol. The second-order valence-corrected chi connectivity index (χ2v) is 4.21. The molecular weight excluding hydrogens is 190 g/mol. The van der Waals surface area contributed by atoms with Crippen LogP contribution in [0.1, 0.15) is 31.0 Å². The minimum absolute atomic E-state index is 0.475. The number of nitrogens with zero attached hydrogens (tertiary/aromatic N) is 2. The van der Waals surface area contributed by atoms with E-state index in [0.29, 0.717) is 12.0 Å². The van der Waals surface area contributed by atoms with E-state index in [9.17, 15) is 0 Å². The van der Waals surface area contributed by atoms with Gasteiger partial charge in [-0.1, -0.05) is 0 Å². The fourth-order valence-electron chi connectivity index (χ4n) is 1.92. The summed E-state index contributed by atoms with van der Waals surface area (Å²) >= 11 is 0. The smallest absolute Gasteiger partial charge is 0.0950 e. The maximum atomic E-state index is 5.11. The van der Waals surface area contributed by atoms with Crippen molar-refractivity contribution in [1.29, 1.82) is 0 Å². The molecule has 0 amide bonds. The summed E-state index contributed by atoms with van der Waals surface area (Å²) in [7, 11) is 1.75. The summed E-state index contributed by atoms with van der Waals surface area (Å²) in [6.07, 6.45) is 4.97. The quantitative estimate of drug-likeness (QED) is 0.791. The normalized spacial score (nSPS) is 18.8. The van der Waals surface area contributed by atoms with E-state index >= 15 is 0 Å². The third kappa shape index (κ3) is 2.21. The first-order valence-electron chi connectivity index (χ1n) is 5.54. The Balaban J connectivity index is 2.02. The Kier molecular flexibility index (Phi) is 3.38. The van der Waals surface area contributed by atoms with Gasteiger partial charge in [-0.2, -0.15) is 0 Å². The van der Waals surface area contributed by atoms with E-state index in [4.69, 9.17) is 4.74 Å². The van der Waals surface area contributed by atoms with E-state index in [1.54, 1.807) is 7.11 Å². The van der Waals surface area contributed by atoms with E-state index in [1.165, 1.54) is 5.69 Å². The van der Waals surface area contributed by atoms with Gasteiger partial charge in [0.15, 0.2) is 0 Å². The first kappa shape index (κ1) is 10.6. The standard InChI is InChI=1S/C11H19N3O/c1-9(3-4-15-2)14-8-13-7-11(14)10-5-12-6-10/h7-10,12H,3-6H2,1-2H3. The van der Waals surface area contributed by atoms with Crippen LogP contribution in [0.4, 0.5) is 0 Å². The number of rotatable bonds is 5. The first-order chi connectivity index (χ1) is 7.33. The SMILES string of the molecule is COCCC(C)n1cncc1C1CNC1. The summed E-state index contributed by atoms with van der Waals surface area (Å²) < 4.78 is 7.39. The molecule has 0 radical (unpaired) electrons. The van der Waals surface area contributed by atoms with E-state index in [0.717, 1.165) is 26.1 Å². The summed E-state index contributed by atoms with van der Waals surface area (Å²) in [6, 6.07) is 0.475. The Hall–Kier alpha value is -0.870. The Bertz CT molecular complexity index is 307. The number of aromatic nitrogens is 2. The van der Waals surface area contributed by atoms with Gasteiger partial charge in [0, 0.05) is 50.7 Å². The number of nitrogens with one attached hydrogen (secondary N) is 1. The van der Waals surface area contributed by atoms with Crippen molar-refractivity contribution in [2.24, 2.45) is 0 Å². The Morgan fingerprint density at radius 3 is 3.07 bits per heavy atom. The van der Waals surface area contributed by atoms with Gasteiger partial charge in [0.25, 0.3) is 0 Å². The summed E-state index contributed by atoms with van der Waals surface area (Å²) in [5, 5.41) is 3.29. The average Bonchev–Trinajstić information content (AvgIpc) is 2.60. The molecule has 2 rings (SSSR count). The fourth-order valence-corrected chi connectivity index (χ4v) is 1.92. The highest BCUT2D eigenvalue weighted by atomic mass is 16.5. The average molecular weight is 209 g/mol. The number of hydrogen-bond acceptors (Lipinski definition) is 3. The molecule has 0 bridgehead atoms. The minimum atomic E-state index is 0.475. The molecule has 2 heterocycles. The second-order valence-electron chi connectivity index (χ2n) is 4.21. The molecular formula is C11H19N3O. The number of ether oxygens (including phenoxy) is 1. The molecule has 1 aromatic heterocycles. The van der Waals surface area contributed by atoms with Gasteiger partial charge >= 0.3 is 0 Å². The van der Waals surface area contributed by atoms with Crippen LogP contribution in [-0.2, 0) is 4.74 Å². The van der Waals surface area contributed by atoms with Gasteiger partial charge in [0.2, 0.25) is 0 Å². The molecule has 0 aromatic carbocycles. The van der Waals surface area contributed by atoms with Crippen molar-refractivity contribution in [3.05, 3.63) is 18.2 Å². The molecule has 4 heteroatoms. The molecule has 1 atom stereocenters. The molecule has 0 saturated carbocycles. The zero-order valence-electron chi connectivity index (χ0n) is 9.44. The lowest BCUT2D eigenvalue weighted by Crippen LogP contribution is -2.41. The first-order valence-corrected chi connectivity index (χ1v) is 5.54. The molecule has 1 unspecified atom stereocenters. The molecule has 0 spiro atoms. The third-order valence-corrected chi connectivity index (χ3v) is 3.11. The maximum Gasteiger partial charge on any atom is 0.0950 e. The summed E-state index contributed by atoms with van der Waals surface area (Å²) in [5.41, 5.74) is 1.36. The van der Waals surface area contributed by atoms with Crippen molar-refractivity contribution in [3.63, 3.8) is 0 Å². The zero-order chi connectivity index (χ0) is 10.7. The molecule has 1 fully saturated rings. The lowest BCUT2D eigenvalue weighted by atomic mass is 9.99. The van der Waals surface area contributed by atoms with Gasteiger partial charge in [0.05, 0.1) is 6.33 Å². The molecule has 1 aliphatic rings. The lowest BCUT2D eigenvalue weighted by Gasteiger charge is -2.29. The van der Waals surface area contributed by atoms with Crippen LogP contribution >= 0.6 is 0 Å². The summed E-state index contributed by atoms with van der Waals surface area (Å²) in [6.45, 7) is 5.20. The topological polar surface area (TPSA) is 39.1 Å². The Morgan fingerprint density at radius 1 is 1.67 bits per heavy atom. The van der Waals surface area contributed by atoms with Crippen molar-refractivity contribution in [3.8, 4) is 0 Å². The van der Waals surface area contributed by atoms with Crippen LogP contribution in [0.5, 0.6) is 0 Å². The van der Waals surface area contributed by atoms with Crippen molar-refractivity contribution in [2.75, 3.05) is 26.8 Å². The number of imidazole rings is 1. The van der Waals surface area contributed by atoms with Crippen molar-refractivity contribution in [2.45, 2.75) is 25.3 Å². The molecule has 0 aliphatic carbocycles. The molecule has 15 heavy (non-hydrogen) atoms. The molecule has 4 nitrogen and oxygen atoms in total. The number of hydrogen-bond donors (Lipinski definition) is 1. The lowest BCUT2D eigenvalue weighted by molar-refractivity contribution is 0.180. The molecule has 1 aromatic rings. The maximum absolute atomic E-state index is 5.11. The van der Waals surface area contributed by atoms with Crippen molar-refractivity contribution >= 4 is 0 Å². The largest absolute Gasteiger partial charge is 0.385 e. The summed E-state index contributed by atoms with van der Waals surface area (Å²) in [5.74, 6) is 0.650. The van der Waals surface area contributed by atoms with Crippen molar-refractivity contribution in [1.82, 2.24) is 14.9 Å². The van der Waals surface area contributed by atoms with Crippen LogP contribution in [0.2, 0.25) is 0 Å². The van der Waals surface area contributed by atoms with Crippen LogP contribution in [0.3, 0.4) is 0 Å². The minimum Gasteiger partial charge on any atom is -0.385 e. The molecule has 1 aliphatic heterocycles. The highest BCUT2D eigenvalue weighted by Gasteiger charge is 2.23. The van der Waals surface area contributed by atoms with Gasteiger partial charge in [-0.3, -0.25) is 0 Å². The number of methoxy groups -OCH3 is 1. The molecule has 84 valence electrons. The van der Waals surface area contributed by atoms with Gasteiger partial charge in [-0.25, -0.2) is 4.98 Å². The van der Waals surface area contributed by atoms with E-state index < -0.39 is 0 Å². The second kappa shape index (κ2) is 4.77. The van der Waals surface area contributed by atoms with Crippen LogP contribution in [0, 0.1) is 0 Å². The zero-order valence-corrected chi connectivity index (χ0v) is 9.44. The van der Waals surface area contributed by atoms with Gasteiger partial charge < -0.3 is 14.6 Å². The fraction of sp³-hybridized carbons (Fsp3) is 0.727. The Morgan fingerprint density at radius 2 is 2.47 bits per heavy atom. The molecule has 1 N–H and O–H groups in total. The monoisotopic (exact) mass is 209 g/mol. The Labute approximate surface area is 90.6 Å². The van der Waals surface area contributed by atoms with Crippen LogP contribution in [0.25, 0.3) is 0 Å². The highest BCUT2D eigenvalue weighted by molar-refractivity contribution is 5.12. The van der Waals surface area contributed by atoms with E-state index in [1.807, 2.05) is 12.5 Å². The van der Waals surface area contributed by atoms with Gasteiger partial charge in [-0.05, 0) is 13.3 Å². The predicted octanol–water partition coefficient (Wildman–Crippen LogP) is 1.17. The third-order valence-electron chi connectivity index (χ3n) is 3.11. The van der Waals surface area contributed by atoms with Gasteiger partial charge in [-0.15, -0.1) is 0 Å². The van der Waals surface area contributed by atoms with Crippen LogP contribution in [-0.4, -0.2) is 36.4 Å².